The monoisotopic (exact) mass is 552 g/mol. The van der Waals surface area contributed by atoms with Crippen LogP contribution in [0, 0.1) is 0 Å². The Morgan fingerprint density at radius 3 is 2.05 bits per heavy atom. The van der Waals surface area contributed by atoms with Gasteiger partial charge in [0.1, 0.15) is 11.2 Å². The van der Waals surface area contributed by atoms with Gasteiger partial charge in [0, 0.05) is 17.6 Å². The van der Waals surface area contributed by atoms with Crippen LogP contribution in [0.3, 0.4) is 0 Å². The molecule has 1 fully saturated rings. The summed E-state index contributed by atoms with van der Waals surface area (Å²) in [6.07, 6.45) is -3.71. The highest BCUT2D eigenvalue weighted by Gasteiger charge is 2.51. The molecule has 1 aromatic heterocycles. The van der Waals surface area contributed by atoms with Gasteiger partial charge < -0.3 is 15.7 Å². The van der Waals surface area contributed by atoms with Crippen molar-refractivity contribution < 1.29 is 50.6 Å². The van der Waals surface area contributed by atoms with Crippen LogP contribution in [0.4, 0.5) is 36.8 Å². The van der Waals surface area contributed by atoms with Gasteiger partial charge in [0.25, 0.3) is 11.8 Å². The van der Waals surface area contributed by atoms with Crippen LogP contribution in [0.15, 0.2) is 47.5 Å². The summed E-state index contributed by atoms with van der Waals surface area (Å²) in [4.78, 5) is 52.2. The van der Waals surface area contributed by atoms with Gasteiger partial charge in [0.05, 0.1) is 5.69 Å². The standard InChI is InChI=1S/C19H17F3N4O3S.C2HF3O2/c1-18(2)16(28)26(12-3-5-13(6-4-12)30-19(20,21)22)17(29)25(18)10-11-7-8-24-14(9-11)15(23)27;3-2(4,5)1(6)7/h3-9H,10H2,1-2H3,(H2,23,27);(H,6,7). The molecule has 2 aromatic rings. The summed E-state index contributed by atoms with van der Waals surface area (Å²) in [5.74, 6) is -4.00. The smallest absolute Gasteiger partial charge is 0.475 e. The number of carboxylic acids is 1. The molecule has 1 saturated heterocycles. The van der Waals surface area contributed by atoms with Crippen molar-refractivity contribution in [1.82, 2.24) is 9.88 Å². The van der Waals surface area contributed by atoms with E-state index >= 15 is 0 Å². The fraction of sp³-hybridized carbons (Fsp3) is 0.286. The van der Waals surface area contributed by atoms with Crippen molar-refractivity contribution in [3.05, 3.63) is 53.9 Å². The minimum absolute atomic E-state index is 0.0128. The van der Waals surface area contributed by atoms with Gasteiger partial charge in [-0.3, -0.25) is 14.6 Å². The third-order valence-electron chi connectivity index (χ3n) is 4.81. The van der Waals surface area contributed by atoms with Gasteiger partial charge in [-0.25, -0.2) is 14.5 Å². The minimum atomic E-state index is -5.08. The molecule has 0 aliphatic carbocycles. The Kier molecular flexibility index (Phi) is 8.47. The van der Waals surface area contributed by atoms with Crippen LogP contribution in [0.1, 0.15) is 29.9 Å². The zero-order valence-electron chi connectivity index (χ0n) is 18.9. The molecule has 3 N–H and O–H groups in total. The van der Waals surface area contributed by atoms with E-state index < -0.39 is 41.0 Å². The quantitative estimate of drug-likeness (QED) is 0.323. The maximum Gasteiger partial charge on any atom is 0.490 e. The summed E-state index contributed by atoms with van der Waals surface area (Å²) in [7, 11) is 0. The number of carbonyl (C=O) groups is 4. The van der Waals surface area contributed by atoms with Crippen molar-refractivity contribution in [2.45, 2.75) is 42.5 Å². The predicted octanol–water partition coefficient (Wildman–Crippen LogP) is 4.17. The van der Waals surface area contributed by atoms with Gasteiger partial charge in [-0.2, -0.15) is 26.3 Å². The molecule has 1 aromatic carbocycles. The van der Waals surface area contributed by atoms with Gasteiger partial charge in [-0.1, -0.05) is 0 Å². The van der Waals surface area contributed by atoms with E-state index in [1.54, 1.807) is 19.9 Å². The number of nitrogens with zero attached hydrogens (tertiary/aromatic N) is 3. The molecule has 0 saturated carbocycles. The third-order valence-corrected chi connectivity index (χ3v) is 5.55. The first-order valence-corrected chi connectivity index (χ1v) is 10.7. The van der Waals surface area contributed by atoms with Crippen LogP contribution in [0.25, 0.3) is 0 Å². The lowest BCUT2D eigenvalue weighted by Crippen LogP contribution is -2.43. The molecule has 16 heteroatoms. The number of hydrogen-bond donors (Lipinski definition) is 2. The summed E-state index contributed by atoms with van der Waals surface area (Å²) in [6.45, 7) is 3.15. The second-order valence-electron chi connectivity index (χ2n) is 7.83. The first-order valence-electron chi connectivity index (χ1n) is 9.91. The van der Waals surface area contributed by atoms with E-state index in [0.717, 1.165) is 4.90 Å². The molecule has 9 nitrogen and oxygen atoms in total. The SMILES string of the molecule is CC1(C)C(=O)N(c2ccc(SC(F)(F)F)cc2)C(=O)N1Cc1ccnc(C(N)=O)c1.O=C(O)C(F)(F)F. The molecule has 1 aliphatic heterocycles. The number of primary amides is 1. The molecule has 2 heterocycles. The number of aromatic nitrogens is 1. The molecule has 0 atom stereocenters. The highest BCUT2D eigenvalue weighted by atomic mass is 32.2. The first kappa shape index (κ1) is 29.4. The van der Waals surface area contributed by atoms with Crippen LogP contribution >= 0.6 is 11.8 Å². The normalized spacial score (nSPS) is 15.4. The molecular weight excluding hydrogens is 534 g/mol. The molecule has 0 radical (unpaired) electrons. The summed E-state index contributed by atoms with van der Waals surface area (Å²) in [5.41, 5.74) is 0.313. The number of nitrogens with two attached hydrogens (primary N) is 1. The number of pyridine rings is 1. The topological polar surface area (TPSA) is 134 Å². The number of thioether (sulfide) groups is 1. The number of imide groups is 1. The first-order chi connectivity index (χ1) is 16.8. The van der Waals surface area contributed by atoms with E-state index in [0.29, 0.717) is 5.56 Å². The van der Waals surface area contributed by atoms with E-state index in [9.17, 15) is 40.7 Å². The highest BCUT2D eigenvalue weighted by molar-refractivity contribution is 8.00. The molecule has 0 bridgehead atoms. The Morgan fingerprint density at radius 2 is 1.59 bits per heavy atom. The van der Waals surface area contributed by atoms with E-state index in [4.69, 9.17) is 15.6 Å². The summed E-state index contributed by atoms with van der Waals surface area (Å²) >= 11 is -0.283. The van der Waals surface area contributed by atoms with E-state index in [1.165, 1.54) is 41.4 Å². The molecule has 1 aliphatic rings. The van der Waals surface area contributed by atoms with E-state index in [2.05, 4.69) is 4.98 Å². The lowest BCUT2D eigenvalue weighted by Gasteiger charge is -2.27. The Bertz CT molecular complexity index is 1200. The van der Waals surface area contributed by atoms with Gasteiger partial charge in [-0.05, 0) is 67.6 Å². The van der Waals surface area contributed by atoms with Gasteiger partial charge in [0.15, 0.2) is 0 Å². The largest absolute Gasteiger partial charge is 0.490 e. The molecule has 37 heavy (non-hydrogen) atoms. The fourth-order valence-electron chi connectivity index (χ4n) is 3.02. The van der Waals surface area contributed by atoms with Crippen LogP contribution < -0.4 is 10.6 Å². The van der Waals surface area contributed by atoms with E-state index in [1.807, 2.05) is 0 Å². The molecule has 0 spiro atoms. The Labute approximate surface area is 209 Å². The average Bonchev–Trinajstić information content (AvgIpc) is 2.93. The lowest BCUT2D eigenvalue weighted by atomic mass is 10.0. The summed E-state index contributed by atoms with van der Waals surface area (Å²) in [6, 6.07) is 7.38. The number of carbonyl (C=O) groups excluding carboxylic acids is 3. The number of carboxylic acid groups (broad SMARTS) is 1. The second-order valence-corrected chi connectivity index (χ2v) is 8.96. The zero-order valence-corrected chi connectivity index (χ0v) is 19.7. The van der Waals surface area contributed by atoms with Crippen molar-refractivity contribution in [3.8, 4) is 0 Å². The molecule has 0 unspecified atom stereocenters. The number of amides is 4. The Hall–Kier alpha value is -3.82. The number of alkyl halides is 6. The number of benzene rings is 1. The minimum Gasteiger partial charge on any atom is -0.475 e. The van der Waals surface area contributed by atoms with Crippen LogP contribution in [-0.2, 0) is 16.1 Å². The zero-order chi connectivity index (χ0) is 28.3. The van der Waals surface area contributed by atoms with Crippen molar-refractivity contribution in [2.75, 3.05) is 4.90 Å². The maximum absolute atomic E-state index is 13.0. The molecule has 200 valence electrons. The second kappa shape index (κ2) is 10.7. The third kappa shape index (κ3) is 7.34. The number of halogens is 6. The molecular formula is C21H18F6N4O5S. The predicted molar refractivity (Wildman–Crippen MR) is 117 cm³/mol. The van der Waals surface area contributed by atoms with Crippen molar-refractivity contribution in [3.63, 3.8) is 0 Å². The van der Waals surface area contributed by atoms with Crippen molar-refractivity contribution in [1.29, 1.82) is 0 Å². The van der Waals surface area contributed by atoms with Crippen LogP contribution in [0.5, 0.6) is 0 Å². The van der Waals surface area contributed by atoms with Crippen molar-refractivity contribution in [2.24, 2.45) is 5.73 Å². The number of rotatable bonds is 5. The highest BCUT2D eigenvalue weighted by Crippen LogP contribution is 2.38. The summed E-state index contributed by atoms with van der Waals surface area (Å²) < 4.78 is 69.3. The Morgan fingerprint density at radius 1 is 1.05 bits per heavy atom. The Balaban J connectivity index is 0.000000604. The fourth-order valence-corrected chi connectivity index (χ4v) is 3.55. The van der Waals surface area contributed by atoms with Gasteiger partial charge in [-0.15, -0.1) is 0 Å². The van der Waals surface area contributed by atoms with Crippen LogP contribution in [0.2, 0.25) is 0 Å². The average molecular weight is 552 g/mol. The summed E-state index contributed by atoms with van der Waals surface area (Å²) in [5, 5.41) is 7.12. The molecule has 4 amide bonds. The van der Waals surface area contributed by atoms with E-state index in [-0.39, 0.29) is 34.6 Å². The number of urea groups is 1. The van der Waals surface area contributed by atoms with Gasteiger partial charge in [0.2, 0.25) is 0 Å². The van der Waals surface area contributed by atoms with Crippen LogP contribution in [-0.4, -0.2) is 56.0 Å². The van der Waals surface area contributed by atoms with Gasteiger partial charge >= 0.3 is 23.7 Å². The number of hydrogen-bond acceptors (Lipinski definition) is 6. The lowest BCUT2D eigenvalue weighted by molar-refractivity contribution is -0.192. The van der Waals surface area contributed by atoms with Crippen molar-refractivity contribution >= 4 is 41.3 Å². The number of anilines is 1. The number of aliphatic carboxylic acids is 1. The molecule has 3 rings (SSSR count). The maximum atomic E-state index is 13.0.